The molecule has 1 saturated heterocycles. The van der Waals surface area contributed by atoms with Crippen molar-refractivity contribution in [1.82, 2.24) is 15.5 Å². The van der Waals surface area contributed by atoms with E-state index in [0.717, 1.165) is 45.3 Å². The van der Waals surface area contributed by atoms with Crippen molar-refractivity contribution >= 4 is 0 Å². The second-order valence-corrected chi connectivity index (χ2v) is 9.29. The zero-order valence-corrected chi connectivity index (χ0v) is 19.7. The summed E-state index contributed by atoms with van der Waals surface area (Å²) >= 11 is 0. The van der Waals surface area contributed by atoms with Gasteiger partial charge in [0.2, 0.25) is 0 Å². The minimum atomic E-state index is -0.180. The van der Waals surface area contributed by atoms with Crippen LogP contribution in [0, 0.1) is 40.3 Å². The van der Waals surface area contributed by atoms with E-state index in [1.54, 1.807) is 19.2 Å². The summed E-state index contributed by atoms with van der Waals surface area (Å²) < 4.78 is 18.3. The van der Waals surface area contributed by atoms with Crippen molar-refractivity contribution < 1.29 is 9.13 Å². The molecule has 0 aromatic heterocycles. The topological polar surface area (TPSA) is 84.1 Å². The summed E-state index contributed by atoms with van der Waals surface area (Å²) in [6, 6.07) is 11.2. The molecule has 1 aliphatic carbocycles. The van der Waals surface area contributed by atoms with Crippen molar-refractivity contribution in [3.05, 3.63) is 47.0 Å². The Kier molecular flexibility index (Phi) is 10.00. The minimum Gasteiger partial charge on any atom is -0.383 e. The van der Waals surface area contributed by atoms with Gasteiger partial charge in [-0.3, -0.25) is 0 Å². The Morgan fingerprint density at radius 2 is 1.88 bits per heavy atom. The molecule has 6 nitrogen and oxygen atoms in total. The molecule has 3 rings (SSSR count). The summed E-state index contributed by atoms with van der Waals surface area (Å²) in [6.07, 6.45) is 7.95. The van der Waals surface area contributed by atoms with E-state index < -0.39 is 0 Å². The summed E-state index contributed by atoms with van der Waals surface area (Å²) in [4.78, 5) is 2.58. The lowest BCUT2D eigenvalue weighted by Crippen LogP contribution is -2.48. The van der Waals surface area contributed by atoms with Crippen LogP contribution in [-0.4, -0.2) is 50.8 Å². The highest BCUT2D eigenvalue weighted by Gasteiger charge is 2.30. The van der Waals surface area contributed by atoms with Gasteiger partial charge in [-0.1, -0.05) is 25.0 Å². The van der Waals surface area contributed by atoms with Gasteiger partial charge in [0.25, 0.3) is 0 Å². The van der Waals surface area contributed by atoms with Crippen molar-refractivity contribution in [3.8, 4) is 12.1 Å². The van der Waals surface area contributed by atoms with Crippen molar-refractivity contribution in [2.75, 3.05) is 39.9 Å². The van der Waals surface area contributed by atoms with Crippen LogP contribution in [0.3, 0.4) is 0 Å². The van der Waals surface area contributed by atoms with Gasteiger partial charge in [0.05, 0.1) is 6.61 Å². The number of likely N-dealkylation sites (tertiary alicyclic amines) is 1. The molecule has 1 aromatic carbocycles. The maximum absolute atomic E-state index is 13.2. The quantitative estimate of drug-likeness (QED) is 0.415. The number of rotatable bonds is 10. The fraction of sp³-hybridized carbons (Fsp3) is 0.615. The smallest absolute Gasteiger partial charge is 0.169 e. The van der Waals surface area contributed by atoms with Gasteiger partial charge in [-0.05, 0) is 68.2 Å². The molecule has 178 valence electrons. The first kappa shape index (κ1) is 25.0. The molecule has 1 heterocycles. The lowest BCUT2D eigenvalue weighted by molar-refractivity contribution is 0.122. The van der Waals surface area contributed by atoms with Gasteiger partial charge in [-0.15, -0.1) is 0 Å². The molecular weight excluding hydrogens is 417 g/mol. The molecule has 3 atom stereocenters. The molecule has 0 radical (unpaired) electrons. The standard InChI is InChI=1S/C26H36FN5O/c1-33-14-12-30-26(23(16-28)17-29)31-25-7-3-2-6-22(25)19-32-13-4-5-21(18-32)15-20-8-10-24(27)11-9-20/h8-11,21-22,25,30-31H,2-7,12-15,18-19H2,1H3/t21-,22-,25+/m0/s1. The number of hydrogen-bond donors (Lipinski definition) is 2. The van der Waals surface area contributed by atoms with E-state index in [0.29, 0.717) is 30.8 Å². The second kappa shape index (κ2) is 13.2. The molecular formula is C26H36FN5O. The van der Waals surface area contributed by atoms with Crippen molar-refractivity contribution in [2.24, 2.45) is 11.8 Å². The molecule has 1 aliphatic heterocycles. The third-order valence-electron chi connectivity index (χ3n) is 6.85. The number of nitrogens with one attached hydrogen (secondary N) is 2. The first-order valence-corrected chi connectivity index (χ1v) is 12.1. The second-order valence-electron chi connectivity index (χ2n) is 9.29. The normalized spacial score (nSPS) is 23.2. The highest BCUT2D eigenvalue weighted by Crippen LogP contribution is 2.29. The molecule has 0 amide bonds. The Labute approximate surface area is 197 Å². The lowest BCUT2D eigenvalue weighted by Gasteiger charge is -2.40. The average molecular weight is 454 g/mol. The predicted octanol–water partition coefficient (Wildman–Crippen LogP) is 3.72. The summed E-state index contributed by atoms with van der Waals surface area (Å²) in [5.41, 5.74) is 1.30. The minimum absolute atomic E-state index is 0.0905. The molecule has 0 unspecified atom stereocenters. The summed E-state index contributed by atoms with van der Waals surface area (Å²) in [5.74, 6) is 1.41. The number of benzene rings is 1. The van der Waals surface area contributed by atoms with Crippen LogP contribution < -0.4 is 10.6 Å². The fourth-order valence-electron chi connectivity index (χ4n) is 5.20. The van der Waals surface area contributed by atoms with Gasteiger partial charge in [0.15, 0.2) is 5.57 Å². The predicted molar refractivity (Wildman–Crippen MR) is 126 cm³/mol. The third-order valence-corrected chi connectivity index (χ3v) is 6.85. The van der Waals surface area contributed by atoms with Crippen molar-refractivity contribution in [1.29, 1.82) is 10.5 Å². The Balaban J connectivity index is 1.60. The molecule has 33 heavy (non-hydrogen) atoms. The monoisotopic (exact) mass is 453 g/mol. The van der Waals surface area contributed by atoms with Crippen LogP contribution in [0.5, 0.6) is 0 Å². The Bertz CT molecular complexity index is 841. The van der Waals surface area contributed by atoms with Gasteiger partial charge in [0.1, 0.15) is 23.8 Å². The maximum atomic E-state index is 13.2. The van der Waals surface area contributed by atoms with E-state index in [1.165, 1.54) is 24.8 Å². The number of halogens is 1. The van der Waals surface area contributed by atoms with E-state index in [4.69, 9.17) is 4.74 Å². The van der Waals surface area contributed by atoms with Crippen LogP contribution in [0.25, 0.3) is 0 Å². The highest BCUT2D eigenvalue weighted by molar-refractivity contribution is 5.39. The van der Waals surface area contributed by atoms with E-state index in [9.17, 15) is 14.9 Å². The first-order valence-electron chi connectivity index (χ1n) is 12.1. The number of hydrogen-bond acceptors (Lipinski definition) is 6. The zero-order chi connectivity index (χ0) is 23.5. The fourth-order valence-corrected chi connectivity index (χ4v) is 5.20. The number of nitrogens with zero attached hydrogens (tertiary/aromatic N) is 3. The number of nitriles is 2. The molecule has 0 spiro atoms. The molecule has 1 saturated carbocycles. The molecule has 2 N–H and O–H groups in total. The van der Waals surface area contributed by atoms with Crippen LogP contribution in [0.1, 0.15) is 44.1 Å². The van der Waals surface area contributed by atoms with E-state index in [1.807, 2.05) is 24.3 Å². The van der Waals surface area contributed by atoms with Gasteiger partial charge < -0.3 is 20.3 Å². The molecule has 0 bridgehead atoms. The maximum Gasteiger partial charge on any atom is 0.169 e. The van der Waals surface area contributed by atoms with Gasteiger partial charge in [-0.2, -0.15) is 10.5 Å². The van der Waals surface area contributed by atoms with Gasteiger partial charge >= 0.3 is 0 Å². The summed E-state index contributed by atoms with van der Waals surface area (Å²) in [6.45, 7) is 4.25. The Morgan fingerprint density at radius 3 is 2.61 bits per heavy atom. The van der Waals surface area contributed by atoms with Crippen LogP contribution in [0.15, 0.2) is 35.7 Å². The van der Waals surface area contributed by atoms with Crippen molar-refractivity contribution in [2.45, 2.75) is 51.0 Å². The molecule has 2 fully saturated rings. The molecule has 2 aliphatic rings. The summed E-state index contributed by atoms with van der Waals surface area (Å²) in [7, 11) is 1.63. The molecule has 7 heteroatoms. The number of allylic oxidation sites excluding steroid dienone is 1. The van der Waals surface area contributed by atoms with Crippen molar-refractivity contribution in [3.63, 3.8) is 0 Å². The zero-order valence-electron chi connectivity index (χ0n) is 19.7. The average Bonchev–Trinajstić information content (AvgIpc) is 2.83. The van der Waals surface area contributed by atoms with Crippen LogP contribution in [0.2, 0.25) is 0 Å². The SMILES string of the molecule is COCCNC(N[C@@H]1CCCC[C@H]1CN1CCC[C@@H](Cc2ccc(F)cc2)C1)=C(C#N)C#N. The largest absolute Gasteiger partial charge is 0.383 e. The lowest BCUT2D eigenvalue weighted by atomic mass is 9.83. The number of methoxy groups -OCH3 is 1. The Hall–Kier alpha value is -2.61. The van der Waals surface area contributed by atoms with Crippen LogP contribution >= 0.6 is 0 Å². The van der Waals surface area contributed by atoms with Crippen LogP contribution in [-0.2, 0) is 11.2 Å². The third kappa shape index (κ3) is 7.74. The number of ether oxygens (including phenoxy) is 1. The summed E-state index contributed by atoms with van der Waals surface area (Å²) in [5, 5.41) is 25.5. The number of piperidine rings is 1. The van der Waals surface area contributed by atoms with Gasteiger partial charge in [0, 0.05) is 32.8 Å². The van der Waals surface area contributed by atoms with Crippen LogP contribution in [0.4, 0.5) is 4.39 Å². The van der Waals surface area contributed by atoms with E-state index in [2.05, 4.69) is 15.5 Å². The molecule has 1 aromatic rings. The van der Waals surface area contributed by atoms with Gasteiger partial charge in [-0.25, -0.2) is 4.39 Å². The first-order chi connectivity index (χ1) is 16.1. The Morgan fingerprint density at radius 1 is 1.12 bits per heavy atom. The van der Waals surface area contributed by atoms with E-state index >= 15 is 0 Å². The van der Waals surface area contributed by atoms with E-state index in [-0.39, 0.29) is 17.4 Å². The highest BCUT2D eigenvalue weighted by atomic mass is 19.1.